The maximum Gasteiger partial charge on any atom is 0.127 e. The Balaban J connectivity index is 2.03. The van der Waals surface area contributed by atoms with Crippen LogP contribution in [-0.4, -0.2) is 6.61 Å². The van der Waals surface area contributed by atoms with Gasteiger partial charge in [0.05, 0.1) is 6.61 Å². The number of ether oxygens (including phenoxy) is 1. The van der Waals surface area contributed by atoms with E-state index in [2.05, 4.69) is 22.9 Å². The molecule has 0 fully saturated rings. The first-order valence-electron chi connectivity index (χ1n) is 6.81. The lowest BCUT2D eigenvalue weighted by molar-refractivity contribution is 0.353. The molecule has 0 saturated carbocycles. The van der Waals surface area contributed by atoms with E-state index in [1.165, 1.54) is 36.8 Å². The molecule has 0 spiro atoms. The van der Waals surface area contributed by atoms with Crippen LogP contribution in [0.3, 0.4) is 0 Å². The van der Waals surface area contributed by atoms with Crippen LogP contribution < -0.4 is 4.74 Å². The monoisotopic (exact) mass is 330 g/mol. The SMILES string of the molecule is CCCCCCC(Br)c1cc(Cl)cc2c1OCC2. The molecule has 1 aliphatic rings. The van der Waals surface area contributed by atoms with E-state index in [1.54, 1.807) is 0 Å². The molecule has 0 aliphatic carbocycles. The van der Waals surface area contributed by atoms with Crippen molar-refractivity contribution >= 4 is 27.5 Å². The molecule has 0 radical (unpaired) electrons. The Hall–Kier alpha value is -0.210. The van der Waals surface area contributed by atoms with Gasteiger partial charge in [0.1, 0.15) is 5.75 Å². The highest BCUT2D eigenvalue weighted by Gasteiger charge is 2.21. The largest absolute Gasteiger partial charge is 0.493 e. The summed E-state index contributed by atoms with van der Waals surface area (Å²) in [5.74, 6) is 1.07. The van der Waals surface area contributed by atoms with E-state index in [1.807, 2.05) is 12.1 Å². The van der Waals surface area contributed by atoms with Gasteiger partial charge in [-0.3, -0.25) is 0 Å². The van der Waals surface area contributed by atoms with E-state index < -0.39 is 0 Å². The fourth-order valence-corrected chi connectivity index (χ4v) is 3.35. The van der Waals surface area contributed by atoms with Gasteiger partial charge >= 0.3 is 0 Å². The van der Waals surface area contributed by atoms with E-state index in [4.69, 9.17) is 16.3 Å². The highest BCUT2D eigenvalue weighted by Crippen LogP contribution is 2.41. The van der Waals surface area contributed by atoms with Gasteiger partial charge in [-0.2, -0.15) is 0 Å². The summed E-state index contributed by atoms with van der Waals surface area (Å²) < 4.78 is 5.74. The van der Waals surface area contributed by atoms with E-state index in [9.17, 15) is 0 Å². The van der Waals surface area contributed by atoms with Crippen molar-refractivity contribution in [2.75, 3.05) is 6.61 Å². The summed E-state index contributed by atoms with van der Waals surface area (Å²) in [6.45, 7) is 3.03. The third-order valence-electron chi connectivity index (χ3n) is 3.43. The molecule has 18 heavy (non-hydrogen) atoms. The zero-order valence-electron chi connectivity index (χ0n) is 10.8. The Morgan fingerprint density at radius 3 is 2.94 bits per heavy atom. The van der Waals surface area contributed by atoms with Gasteiger partial charge in [0.15, 0.2) is 0 Å². The Kier molecular flexibility index (Phi) is 5.38. The van der Waals surface area contributed by atoms with E-state index in [0.717, 1.165) is 30.2 Å². The first-order chi connectivity index (χ1) is 8.72. The Morgan fingerprint density at radius 1 is 1.33 bits per heavy atom. The molecule has 1 unspecified atom stereocenters. The van der Waals surface area contributed by atoms with E-state index in [0.29, 0.717) is 4.83 Å². The fourth-order valence-electron chi connectivity index (χ4n) is 2.44. The summed E-state index contributed by atoms with van der Waals surface area (Å²) in [5.41, 5.74) is 2.49. The summed E-state index contributed by atoms with van der Waals surface area (Å²) in [6.07, 6.45) is 7.30. The molecule has 0 bridgehead atoms. The molecular weight excluding hydrogens is 312 g/mol. The zero-order valence-corrected chi connectivity index (χ0v) is 13.2. The Labute approximate surface area is 123 Å². The number of rotatable bonds is 6. The van der Waals surface area contributed by atoms with Crippen molar-refractivity contribution in [3.8, 4) is 5.75 Å². The lowest BCUT2D eigenvalue weighted by Gasteiger charge is -2.14. The molecule has 1 aliphatic heterocycles. The van der Waals surface area contributed by atoms with Crippen molar-refractivity contribution in [1.29, 1.82) is 0 Å². The van der Waals surface area contributed by atoms with Crippen molar-refractivity contribution in [3.05, 3.63) is 28.3 Å². The van der Waals surface area contributed by atoms with Crippen LogP contribution in [0.1, 0.15) is 55.0 Å². The van der Waals surface area contributed by atoms with Crippen molar-refractivity contribution in [1.82, 2.24) is 0 Å². The highest BCUT2D eigenvalue weighted by atomic mass is 79.9. The minimum atomic E-state index is 0.361. The minimum Gasteiger partial charge on any atom is -0.493 e. The summed E-state index contributed by atoms with van der Waals surface area (Å²) >= 11 is 9.97. The number of benzene rings is 1. The van der Waals surface area contributed by atoms with Gasteiger partial charge in [-0.1, -0.05) is 60.1 Å². The van der Waals surface area contributed by atoms with Crippen molar-refractivity contribution in [2.24, 2.45) is 0 Å². The summed E-state index contributed by atoms with van der Waals surface area (Å²) in [7, 11) is 0. The molecule has 1 atom stereocenters. The molecule has 0 aromatic heterocycles. The molecular formula is C15H20BrClO. The lowest BCUT2D eigenvalue weighted by atomic mass is 10.0. The molecule has 2 rings (SSSR count). The van der Waals surface area contributed by atoms with Crippen LogP contribution in [0.15, 0.2) is 12.1 Å². The van der Waals surface area contributed by atoms with Gasteiger partial charge < -0.3 is 4.74 Å². The van der Waals surface area contributed by atoms with Gasteiger partial charge in [-0.15, -0.1) is 0 Å². The summed E-state index contributed by atoms with van der Waals surface area (Å²) in [5, 5.41) is 0.826. The molecule has 1 nitrogen and oxygen atoms in total. The lowest BCUT2D eigenvalue weighted by Crippen LogP contribution is -1.96. The number of unbranched alkanes of at least 4 members (excludes halogenated alkanes) is 3. The van der Waals surface area contributed by atoms with E-state index in [-0.39, 0.29) is 0 Å². The quantitative estimate of drug-likeness (QED) is 0.481. The number of halogens is 2. The van der Waals surface area contributed by atoms with Crippen molar-refractivity contribution in [2.45, 2.75) is 50.3 Å². The van der Waals surface area contributed by atoms with Gasteiger partial charge in [-0.05, 0) is 24.1 Å². The van der Waals surface area contributed by atoms with Gasteiger partial charge in [0.2, 0.25) is 0 Å². The predicted octanol–water partition coefficient (Wildman–Crippen LogP) is 5.68. The average molecular weight is 332 g/mol. The number of hydrogen-bond acceptors (Lipinski definition) is 1. The maximum absolute atomic E-state index is 6.18. The first-order valence-corrected chi connectivity index (χ1v) is 8.11. The highest BCUT2D eigenvalue weighted by molar-refractivity contribution is 9.09. The molecule has 1 heterocycles. The number of hydrogen-bond donors (Lipinski definition) is 0. The number of alkyl halides is 1. The maximum atomic E-state index is 6.18. The van der Waals surface area contributed by atoms with Crippen molar-refractivity contribution < 1.29 is 4.74 Å². The Morgan fingerprint density at radius 2 is 2.17 bits per heavy atom. The second kappa shape index (κ2) is 6.81. The molecule has 0 saturated heterocycles. The summed E-state index contributed by atoms with van der Waals surface area (Å²) in [6, 6.07) is 4.08. The van der Waals surface area contributed by atoms with Crippen LogP contribution in [-0.2, 0) is 6.42 Å². The number of fused-ring (bicyclic) bond motifs is 1. The van der Waals surface area contributed by atoms with Gasteiger partial charge in [0, 0.05) is 21.8 Å². The smallest absolute Gasteiger partial charge is 0.127 e. The second-order valence-corrected chi connectivity index (χ2v) is 6.44. The molecule has 3 heteroatoms. The zero-order chi connectivity index (χ0) is 13.0. The van der Waals surface area contributed by atoms with Crippen LogP contribution >= 0.6 is 27.5 Å². The van der Waals surface area contributed by atoms with Crippen LogP contribution in [0.4, 0.5) is 0 Å². The van der Waals surface area contributed by atoms with E-state index >= 15 is 0 Å². The topological polar surface area (TPSA) is 9.23 Å². The Bertz CT molecular complexity index is 406. The molecule has 1 aromatic carbocycles. The minimum absolute atomic E-state index is 0.361. The molecule has 1 aromatic rings. The predicted molar refractivity (Wildman–Crippen MR) is 81.1 cm³/mol. The van der Waals surface area contributed by atoms with Crippen LogP contribution in [0.5, 0.6) is 5.75 Å². The van der Waals surface area contributed by atoms with Crippen LogP contribution in [0.2, 0.25) is 5.02 Å². The normalized spacial score (nSPS) is 15.3. The second-order valence-electron chi connectivity index (χ2n) is 4.90. The molecule has 0 amide bonds. The van der Waals surface area contributed by atoms with Crippen LogP contribution in [0.25, 0.3) is 0 Å². The third-order valence-corrected chi connectivity index (χ3v) is 4.60. The van der Waals surface area contributed by atoms with Crippen molar-refractivity contribution in [3.63, 3.8) is 0 Å². The van der Waals surface area contributed by atoms with Crippen LogP contribution in [0, 0.1) is 0 Å². The standard InChI is InChI=1S/C15H20BrClO/c1-2-3-4-5-6-14(16)13-10-12(17)9-11-7-8-18-15(11)13/h9-10,14H,2-8H2,1H3. The fraction of sp³-hybridized carbons (Fsp3) is 0.600. The first kappa shape index (κ1) is 14.2. The molecule has 0 N–H and O–H groups in total. The average Bonchev–Trinajstić information content (AvgIpc) is 2.81. The van der Waals surface area contributed by atoms with Gasteiger partial charge in [-0.25, -0.2) is 0 Å². The molecule has 100 valence electrons. The third kappa shape index (κ3) is 3.42. The summed E-state index contributed by atoms with van der Waals surface area (Å²) in [4.78, 5) is 0.361. The van der Waals surface area contributed by atoms with Gasteiger partial charge in [0.25, 0.3) is 0 Å².